The van der Waals surface area contributed by atoms with Crippen molar-refractivity contribution in [3.05, 3.63) is 47.5 Å². The van der Waals surface area contributed by atoms with E-state index in [0.29, 0.717) is 23.8 Å². The molecule has 0 aromatic heterocycles. The van der Waals surface area contributed by atoms with E-state index in [1.54, 1.807) is 24.3 Å². The Kier molecular flexibility index (Phi) is 6.88. The van der Waals surface area contributed by atoms with Gasteiger partial charge >= 0.3 is 0 Å². The molecule has 0 fully saturated rings. The van der Waals surface area contributed by atoms with Crippen molar-refractivity contribution < 1.29 is 22.7 Å². The molecule has 0 unspecified atom stereocenters. The first-order valence-corrected chi connectivity index (χ1v) is 9.97. The third-order valence-corrected chi connectivity index (χ3v) is 5.54. The van der Waals surface area contributed by atoms with Crippen molar-refractivity contribution in [2.45, 2.75) is 18.2 Å². The number of halogens is 1. The van der Waals surface area contributed by atoms with Gasteiger partial charge in [-0.05, 0) is 49.4 Å². The fourth-order valence-corrected chi connectivity index (χ4v) is 3.80. The van der Waals surface area contributed by atoms with E-state index in [1.807, 2.05) is 6.92 Å². The Labute approximate surface area is 158 Å². The van der Waals surface area contributed by atoms with Gasteiger partial charge in [-0.15, -0.1) is 0 Å². The van der Waals surface area contributed by atoms with E-state index < -0.39 is 15.7 Å². The molecule has 1 amide bonds. The van der Waals surface area contributed by atoms with Crippen LogP contribution in [-0.2, 0) is 14.6 Å². The lowest BCUT2D eigenvalue weighted by Crippen LogP contribution is -2.17. The van der Waals surface area contributed by atoms with Crippen molar-refractivity contribution >= 4 is 33.0 Å². The van der Waals surface area contributed by atoms with E-state index in [2.05, 4.69) is 5.32 Å². The molecular formula is C18H20ClNO5S. The first-order chi connectivity index (χ1) is 12.4. The number of ether oxygens (including phenoxy) is 2. The number of rotatable bonds is 8. The Morgan fingerprint density at radius 3 is 2.42 bits per heavy atom. The summed E-state index contributed by atoms with van der Waals surface area (Å²) in [5.41, 5.74) is 0.573. The van der Waals surface area contributed by atoms with Crippen molar-refractivity contribution in [2.75, 3.05) is 24.8 Å². The molecule has 0 aliphatic carbocycles. The molecule has 0 atom stereocenters. The van der Waals surface area contributed by atoms with Gasteiger partial charge in [-0.25, -0.2) is 8.42 Å². The smallest absolute Gasteiger partial charge is 0.225 e. The average molecular weight is 398 g/mol. The van der Waals surface area contributed by atoms with Gasteiger partial charge in [0.1, 0.15) is 11.5 Å². The predicted molar refractivity (Wildman–Crippen MR) is 101 cm³/mol. The number of carbonyl (C=O) groups excluding carboxylic acids is 1. The Balaban J connectivity index is 1.96. The molecule has 1 N–H and O–H groups in total. The molecule has 0 radical (unpaired) electrons. The summed E-state index contributed by atoms with van der Waals surface area (Å²) in [5.74, 6) is 0.374. The zero-order valence-electron chi connectivity index (χ0n) is 14.5. The molecule has 0 saturated carbocycles. The minimum atomic E-state index is -3.63. The van der Waals surface area contributed by atoms with E-state index in [-0.39, 0.29) is 22.1 Å². The maximum Gasteiger partial charge on any atom is 0.225 e. The maximum absolute atomic E-state index is 12.4. The topological polar surface area (TPSA) is 81.7 Å². The molecule has 0 heterocycles. The van der Waals surface area contributed by atoms with Gasteiger partial charge in [0.25, 0.3) is 0 Å². The number of benzene rings is 2. The quantitative estimate of drug-likeness (QED) is 0.736. The van der Waals surface area contributed by atoms with E-state index in [9.17, 15) is 13.2 Å². The van der Waals surface area contributed by atoms with E-state index >= 15 is 0 Å². The van der Waals surface area contributed by atoms with Gasteiger partial charge in [-0.3, -0.25) is 4.79 Å². The van der Waals surface area contributed by atoms with Gasteiger partial charge < -0.3 is 14.8 Å². The summed E-state index contributed by atoms with van der Waals surface area (Å²) in [5, 5.41) is 2.86. The van der Waals surface area contributed by atoms with E-state index in [4.69, 9.17) is 21.1 Å². The van der Waals surface area contributed by atoms with Gasteiger partial charge in [0, 0.05) is 12.1 Å². The van der Waals surface area contributed by atoms with Crippen LogP contribution >= 0.6 is 11.6 Å². The second kappa shape index (κ2) is 8.91. The van der Waals surface area contributed by atoms with Crippen molar-refractivity contribution in [1.29, 1.82) is 0 Å². The lowest BCUT2D eigenvalue weighted by Gasteiger charge is -2.09. The molecule has 8 heteroatoms. The normalized spacial score (nSPS) is 11.0. The highest BCUT2D eigenvalue weighted by atomic mass is 35.5. The van der Waals surface area contributed by atoms with Crippen LogP contribution in [0.4, 0.5) is 5.69 Å². The third-order valence-electron chi connectivity index (χ3n) is 3.53. The van der Waals surface area contributed by atoms with Crippen LogP contribution in [0.1, 0.15) is 13.3 Å². The third kappa shape index (κ3) is 5.37. The van der Waals surface area contributed by atoms with Crippen LogP contribution in [-0.4, -0.2) is 33.8 Å². The summed E-state index contributed by atoms with van der Waals surface area (Å²) in [4.78, 5) is 12.1. The van der Waals surface area contributed by atoms with Crippen LogP contribution in [0.2, 0.25) is 5.02 Å². The second-order valence-electron chi connectivity index (χ2n) is 5.37. The summed E-state index contributed by atoms with van der Waals surface area (Å²) in [6, 6.07) is 11.1. The molecule has 0 bridgehead atoms. The van der Waals surface area contributed by atoms with Crippen LogP contribution in [0.3, 0.4) is 0 Å². The molecule has 140 valence electrons. The highest BCUT2D eigenvalue weighted by molar-refractivity contribution is 7.91. The Bertz CT molecular complexity index is 866. The summed E-state index contributed by atoms with van der Waals surface area (Å²) in [6.07, 6.45) is -0.167. The molecule has 0 aliphatic heterocycles. The number of carbonyl (C=O) groups is 1. The second-order valence-corrected chi connectivity index (χ2v) is 7.89. The Morgan fingerprint density at radius 2 is 1.85 bits per heavy atom. The van der Waals surface area contributed by atoms with Crippen LogP contribution in [0, 0.1) is 0 Å². The molecule has 0 saturated heterocycles. The summed E-state index contributed by atoms with van der Waals surface area (Å²) in [7, 11) is -2.18. The van der Waals surface area contributed by atoms with Crippen molar-refractivity contribution in [2.24, 2.45) is 0 Å². The number of nitrogens with one attached hydrogen (secondary N) is 1. The highest BCUT2D eigenvalue weighted by Crippen LogP contribution is 2.27. The first-order valence-electron chi connectivity index (χ1n) is 7.94. The van der Waals surface area contributed by atoms with Gasteiger partial charge in [-0.1, -0.05) is 11.6 Å². The van der Waals surface area contributed by atoms with Gasteiger partial charge in [0.15, 0.2) is 9.84 Å². The van der Waals surface area contributed by atoms with Crippen molar-refractivity contribution in [3.8, 4) is 11.5 Å². The van der Waals surface area contributed by atoms with Gasteiger partial charge in [0.2, 0.25) is 5.91 Å². The summed E-state index contributed by atoms with van der Waals surface area (Å²) in [6.45, 7) is 2.44. The average Bonchev–Trinajstić information content (AvgIpc) is 2.62. The lowest BCUT2D eigenvalue weighted by molar-refractivity contribution is -0.115. The molecular weight excluding hydrogens is 378 g/mol. The zero-order valence-corrected chi connectivity index (χ0v) is 16.1. The minimum absolute atomic E-state index is 0.0529. The molecule has 26 heavy (non-hydrogen) atoms. The fraction of sp³-hybridized carbons (Fsp3) is 0.278. The summed E-state index contributed by atoms with van der Waals surface area (Å²) >= 11 is 5.96. The number of amides is 1. The Hall–Kier alpha value is -2.25. The largest absolute Gasteiger partial charge is 0.495 e. The van der Waals surface area contributed by atoms with Crippen LogP contribution in [0.5, 0.6) is 11.5 Å². The van der Waals surface area contributed by atoms with Crippen molar-refractivity contribution in [1.82, 2.24) is 0 Å². The molecule has 2 aromatic carbocycles. The lowest BCUT2D eigenvalue weighted by atomic mass is 10.3. The number of methoxy groups -OCH3 is 1. The number of hydrogen-bond donors (Lipinski definition) is 1. The standard InChI is InChI=1S/C18H20ClNO5S/c1-3-25-14-6-4-13(5-7-14)20-18(21)10-11-26(22,23)15-8-9-17(24-2)16(19)12-15/h4-9,12H,3,10-11H2,1-2H3,(H,20,21). The van der Waals surface area contributed by atoms with E-state index in [0.717, 1.165) is 0 Å². The molecule has 6 nitrogen and oxygen atoms in total. The van der Waals surface area contributed by atoms with Crippen LogP contribution in [0.25, 0.3) is 0 Å². The zero-order chi connectivity index (χ0) is 19.2. The number of sulfone groups is 1. The highest BCUT2D eigenvalue weighted by Gasteiger charge is 2.18. The molecule has 2 aromatic rings. The number of hydrogen-bond acceptors (Lipinski definition) is 5. The minimum Gasteiger partial charge on any atom is -0.495 e. The van der Waals surface area contributed by atoms with Gasteiger partial charge in [0.05, 0.1) is 29.4 Å². The fourth-order valence-electron chi connectivity index (χ4n) is 2.21. The maximum atomic E-state index is 12.4. The predicted octanol–water partition coefficient (Wildman–Crippen LogP) is 3.55. The monoisotopic (exact) mass is 397 g/mol. The Morgan fingerprint density at radius 1 is 1.15 bits per heavy atom. The first kappa shape index (κ1) is 20.1. The van der Waals surface area contributed by atoms with Crippen molar-refractivity contribution in [3.63, 3.8) is 0 Å². The molecule has 0 aliphatic rings. The molecule has 0 spiro atoms. The molecule has 2 rings (SSSR count). The van der Waals surface area contributed by atoms with Crippen LogP contribution < -0.4 is 14.8 Å². The SMILES string of the molecule is CCOc1ccc(NC(=O)CCS(=O)(=O)c2ccc(OC)c(Cl)c2)cc1. The van der Waals surface area contributed by atoms with Crippen LogP contribution in [0.15, 0.2) is 47.4 Å². The number of anilines is 1. The van der Waals surface area contributed by atoms with E-state index in [1.165, 1.54) is 25.3 Å². The van der Waals surface area contributed by atoms with Gasteiger partial charge in [-0.2, -0.15) is 0 Å². The summed E-state index contributed by atoms with van der Waals surface area (Å²) < 4.78 is 35.0.